The molecule has 3 aromatic carbocycles. The van der Waals surface area contributed by atoms with E-state index in [0.717, 1.165) is 16.7 Å². The van der Waals surface area contributed by atoms with Crippen LogP contribution in [0.15, 0.2) is 95.8 Å². The van der Waals surface area contributed by atoms with E-state index in [2.05, 4.69) is 51.4 Å². The summed E-state index contributed by atoms with van der Waals surface area (Å²) in [4.78, 5) is 27.3. The third-order valence-electron chi connectivity index (χ3n) is 5.36. The number of benzene rings is 3. The van der Waals surface area contributed by atoms with Crippen molar-refractivity contribution < 1.29 is 0 Å². The Morgan fingerprint density at radius 1 is 0.667 bits per heavy atom. The van der Waals surface area contributed by atoms with E-state index < -0.39 is 5.41 Å². The summed E-state index contributed by atoms with van der Waals surface area (Å²) >= 11 is 0. The lowest BCUT2D eigenvalue weighted by molar-refractivity contribution is 0.695. The number of nitrogens with two attached hydrogens (primary N) is 1. The van der Waals surface area contributed by atoms with Crippen molar-refractivity contribution in [2.75, 3.05) is 5.73 Å². The quantitative estimate of drug-likeness (QED) is 0.406. The van der Waals surface area contributed by atoms with Crippen molar-refractivity contribution in [3.05, 3.63) is 124 Å². The van der Waals surface area contributed by atoms with Gasteiger partial charge >= 0.3 is 0 Å². The number of nitrogens with zero attached hydrogens (tertiary/aromatic N) is 2. The van der Waals surface area contributed by atoms with Crippen molar-refractivity contribution in [3.8, 4) is 0 Å². The molecule has 4 N–H and O–H groups in total. The summed E-state index contributed by atoms with van der Waals surface area (Å²) < 4.78 is 0. The first-order chi connectivity index (χ1) is 14.7. The molecule has 0 aliphatic rings. The van der Waals surface area contributed by atoms with Gasteiger partial charge in [-0.05, 0) is 16.7 Å². The summed E-state index contributed by atoms with van der Waals surface area (Å²) in [5.41, 5.74) is 8.28. The standard InChI is InChI=1S/C24H19N5O/c25-23-28-20-19(21(30)29-23)26-22(27-20)24(16-10-4-1-5-11-16,17-12-6-2-7-13-17)18-14-8-3-9-15-18/h1-15H,(H4,25,26,27,28,29,30). The van der Waals surface area contributed by atoms with Gasteiger partial charge in [0.2, 0.25) is 5.95 Å². The van der Waals surface area contributed by atoms with Crippen molar-refractivity contribution in [1.82, 2.24) is 19.9 Å². The summed E-state index contributed by atoms with van der Waals surface area (Å²) in [6, 6.07) is 30.4. The second-order valence-corrected chi connectivity index (χ2v) is 7.08. The Hall–Kier alpha value is -4.19. The number of nitrogens with one attached hydrogen (secondary N) is 2. The first-order valence-electron chi connectivity index (χ1n) is 9.62. The molecule has 0 saturated heterocycles. The number of nitrogen functional groups attached to an aromatic ring is 1. The van der Waals surface area contributed by atoms with Crippen LogP contribution < -0.4 is 11.3 Å². The zero-order valence-corrected chi connectivity index (χ0v) is 16.0. The average Bonchev–Trinajstić information content (AvgIpc) is 3.21. The van der Waals surface area contributed by atoms with Gasteiger partial charge in [-0.1, -0.05) is 91.0 Å². The molecule has 0 bridgehead atoms. The van der Waals surface area contributed by atoms with Gasteiger partial charge < -0.3 is 10.7 Å². The molecule has 6 heteroatoms. The second kappa shape index (κ2) is 7.00. The van der Waals surface area contributed by atoms with Gasteiger partial charge in [-0.25, -0.2) is 4.98 Å². The zero-order valence-electron chi connectivity index (χ0n) is 16.0. The van der Waals surface area contributed by atoms with Gasteiger partial charge in [-0.2, -0.15) is 4.98 Å². The number of fused-ring (bicyclic) bond motifs is 1. The van der Waals surface area contributed by atoms with Crippen molar-refractivity contribution in [2.24, 2.45) is 0 Å². The molecule has 6 nitrogen and oxygen atoms in total. The largest absolute Gasteiger partial charge is 0.369 e. The second-order valence-electron chi connectivity index (χ2n) is 7.08. The van der Waals surface area contributed by atoms with Crippen molar-refractivity contribution in [3.63, 3.8) is 0 Å². The Kier molecular flexibility index (Phi) is 4.17. The SMILES string of the molecule is Nc1nc2nc(C(c3ccccc3)(c3ccccc3)c3ccccc3)[nH]c2c(=O)[nH]1. The van der Waals surface area contributed by atoms with Crippen LogP contribution in [0.1, 0.15) is 22.5 Å². The Bertz CT molecular complexity index is 1260. The Labute approximate surface area is 172 Å². The van der Waals surface area contributed by atoms with E-state index in [1.807, 2.05) is 54.6 Å². The topological polar surface area (TPSA) is 100 Å². The molecular formula is C24H19N5O. The normalized spacial score (nSPS) is 11.6. The van der Waals surface area contributed by atoms with Gasteiger partial charge in [0.15, 0.2) is 11.2 Å². The number of hydrogen-bond acceptors (Lipinski definition) is 4. The highest BCUT2D eigenvalue weighted by molar-refractivity contribution is 5.72. The molecule has 5 rings (SSSR count). The van der Waals surface area contributed by atoms with Gasteiger partial charge in [0, 0.05) is 0 Å². The highest BCUT2D eigenvalue weighted by Crippen LogP contribution is 2.43. The maximum Gasteiger partial charge on any atom is 0.278 e. The third kappa shape index (κ3) is 2.69. The molecule has 2 aromatic heterocycles. The van der Waals surface area contributed by atoms with Crippen LogP contribution in [0.25, 0.3) is 11.2 Å². The van der Waals surface area contributed by atoms with Gasteiger partial charge in [0.05, 0.1) is 0 Å². The number of anilines is 1. The van der Waals surface area contributed by atoms with E-state index in [9.17, 15) is 4.79 Å². The van der Waals surface area contributed by atoms with Gasteiger partial charge in [-0.15, -0.1) is 0 Å². The minimum absolute atomic E-state index is 0.0373. The van der Waals surface area contributed by atoms with Crippen LogP contribution in [-0.2, 0) is 5.41 Å². The molecule has 0 fully saturated rings. The van der Waals surface area contributed by atoms with Crippen LogP contribution in [-0.4, -0.2) is 19.9 Å². The maximum atomic E-state index is 12.5. The first-order valence-corrected chi connectivity index (χ1v) is 9.62. The fourth-order valence-electron chi connectivity index (χ4n) is 4.08. The summed E-state index contributed by atoms with van der Waals surface area (Å²) in [5, 5.41) is 0. The van der Waals surface area contributed by atoms with Crippen molar-refractivity contribution >= 4 is 17.1 Å². The minimum atomic E-state index is -0.772. The van der Waals surface area contributed by atoms with E-state index in [1.54, 1.807) is 0 Å². The monoisotopic (exact) mass is 393 g/mol. The highest BCUT2D eigenvalue weighted by atomic mass is 16.1. The van der Waals surface area contributed by atoms with E-state index in [4.69, 9.17) is 10.7 Å². The lowest BCUT2D eigenvalue weighted by Crippen LogP contribution is -2.32. The molecule has 0 atom stereocenters. The highest BCUT2D eigenvalue weighted by Gasteiger charge is 2.41. The number of aromatic amines is 2. The van der Waals surface area contributed by atoms with Crippen LogP contribution in [0, 0.1) is 0 Å². The van der Waals surface area contributed by atoms with Gasteiger partial charge in [0.25, 0.3) is 5.56 Å². The molecule has 0 aliphatic heterocycles. The maximum absolute atomic E-state index is 12.5. The smallest absolute Gasteiger partial charge is 0.278 e. The fraction of sp³-hybridized carbons (Fsp3) is 0.0417. The van der Waals surface area contributed by atoms with Crippen LogP contribution in [0.2, 0.25) is 0 Å². The van der Waals surface area contributed by atoms with Gasteiger partial charge in [-0.3, -0.25) is 9.78 Å². The van der Waals surface area contributed by atoms with Crippen LogP contribution in [0.5, 0.6) is 0 Å². The molecule has 0 spiro atoms. The van der Waals surface area contributed by atoms with Crippen LogP contribution in [0.3, 0.4) is 0 Å². The van der Waals surface area contributed by atoms with E-state index in [0.29, 0.717) is 17.0 Å². The number of aromatic nitrogens is 4. The number of rotatable bonds is 4. The molecular weight excluding hydrogens is 374 g/mol. The molecule has 0 saturated carbocycles. The Balaban J connectivity index is 1.94. The lowest BCUT2D eigenvalue weighted by atomic mass is 9.69. The molecule has 0 unspecified atom stereocenters. The van der Waals surface area contributed by atoms with E-state index in [1.165, 1.54) is 0 Å². The third-order valence-corrected chi connectivity index (χ3v) is 5.36. The summed E-state index contributed by atoms with van der Waals surface area (Å²) in [6.45, 7) is 0. The zero-order chi connectivity index (χ0) is 20.6. The average molecular weight is 393 g/mol. The van der Waals surface area contributed by atoms with E-state index in [-0.39, 0.29) is 11.5 Å². The minimum Gasteiger partial charge on any atom is -0.369 e. The van der Waals surface area contributed by atoms with Crippen LogP contribution >= 0.6 is 0 Å². The molecule has 2 heterocycles. The van der Waals surface area contributed by atoms with Gasteiger partial charge in [0.1, 0.15) is 11.2 Å². The molecule has 146 valence electrons. The van der Waals surface area contributed by atoms with Crippen LogP contribution in [0.4, 0.5) is 5.95 Å². The molecule has 30 heavy (non-hydrogen) atoms. The molecule has 0 amide bonds. The summed E-state index contributed by atoms with van der Waals surface area (Å²) in [5.74, 6) is 0.639. The number of H-pyrrole nitrogens is 2. The van der Waals surface area contributed by atoms with Crippen molar-refractivity contribution in [1.29, 1.82) is 0 Å². The Morgan fingerprint density at radius 2 is 1.13 bits per heavy atom. The summed E-state index contributed by atoms with van der Waals surface area (Å²) in [7, 11) is 0. The number of imidazole rings is 1. The first kappa shape index (κ1) is 17.9. The van der Waals surface area contributed by atoms with Crippen molar-refractivity contribution in [2.45, 2.75) is 5.41 Å². The summed E-state index contributed by atoms with van der Waals surface area (Å²) in [6.07, 6.45) is 0. The predicted molar refractivity (Wildman–Crippen MR) is 117 cm³/mol. The Morgan fingerprint density at radius 3 is 1.60 bits per heavy atom. The van der Waals surface area contributed by atoms with E-state index >= 15 is 0 Å². The molecule has 0 aliphatic carbocycles. The number of hydrogen-bond donors (Lipinski definition) is 3. The molecule has 0 radical (unpaired) electrons. The predicted octanol–water partition coefficient (Wildman–Crippen LogP) is 3.61. The fourth-order valence-corrected chi connectivity index (χ4v) is 4.08. The lowest BCUT2D eigenvalue weighted by Gasteiger charge is -2.34. The molecule has 5 aromatic rings.